The van der Waals surface area contributed by atoms with Crippen LogP contribution in [0.5, 0.6) is 0 Å². The molecular weight excluding hydrogens is 1330 g/mol. The van der Waals surface area contributed by atoms with Gasteiger partial charge in [-0.3, -0.25) is 28.0 Å². The largest absolute Gasteiger partial charge is 0.480 e. The number of ether oxygens (including phenoxy) is 3. The van der Waals surface area contributed by atoms with Gasteiger partial charge >= 0.3 is 7.82 Å². The number of rotatable bonds is 21. The van der Waals surface area contributed by atoms with E-state index in [1.165, 1.54) is 0 Å². The van der Waals surface area contributed by atoms with Crippen LogP contribution >= 0.6 is 42.6 Å². The van der Waals surface area contributed by atoms with E-state index < -0.39 is 28.0 Å². The molecule has 3 saturated heterocycles. The lowest BCUT2D eigenvalue weighted by atomic mass is 10.1. The summed E-state index contributed by atoms with van der Waals surface area (Å²) in [6.45, 7) is 6.94. The molecule has 22 nitrogen and oxygen atoms in total. The predicted octanol–water partition coefficient (Wildman–Crippen LogP) is 12.3. The number of hydrogen-bond donors (Lipinski definition) is 0. The van der Waals surface area contributed by atoms with Crippen LogP contribution in [0.25, 0.3) is 66.5 Å². The molecule has 15 rings (SSSR count). The molecule has 0 unspecified atom stereocenters. The Morgan fingerprint density at radius 3 is 0.959 bits per heavy atom. The molecule has 0 spiro atoms. The Morgan fingerprint density at radius 2 is 0.684 bits per heavy atom. The first-order chi connectivity index (χ1) is 47.8. The van der Waals surface area contributed by atoms with Crippen molar-refractivity contribution in [1.29, 1.82) is 0 Å². The van der Waals surface area contributed by atoms with E-state index in [2.05, 4.69) is 14.7 Å². The molecule has 0 N–H and O–H groups in total. The molecular formula is C72H66Cl3N12O10P. The van der Waals surface area contributed by atoms with Crippen LogP contribution in [0.15, 0.2) is 198 Å². The van der Waals surface area contributed by atoms with Crippen molar-refractivity contribution in [1.82, 2.24) is 42.4 Å². The van der Waals surface area contributed by atoms with Gasteiger partial charge in [0.25, 0.3) is 16.7 Å². The van der Waals surface area contributed by atoms with Crippen LogP contribution in [0.1, 0.15) is 16.7 Å². The van der Waals surface area contributed by atoms with E-state index in [0.717, 1.165) is 33.8 Å². The Hall–Kier alpha value is -9.16. The number of aromatic nitrogens is 9. The maximum atomic E-state index is 16.1. The zero-order valence-corrected chi connectivity index (χ0v) is 56.2. The third-order valence-corrected chi connectivity index (χ3v) is 19.9. The van der Waals surface area contributed by atoms with Gasteiger partial charge < -0.3 is 56.3 Å². The first kappa shape index (κ1) is 64.8. The number of fused-ring (bicyclic) bond motifs is 3. The molecule has 500 valence electrons. The third kappa shape index (κ3) is 14.1. The maximum absolute atomic E-state index is 16.1. The van der Waals surface area contributed by atoms with Gasteiger partial charge in [0.05, 0.1) is 94.9 Å². The zero-order chi connectivity index (χ0) is 66.9. The van der Waals surface area contributed by atoms with Crippen LogP contribution in [-0.4, -0.2) is 121 Å². The molecule has 0 saturated carbocycles. The molecule has 3 aliphatic heterocycles. The predicted molar refractivity (Wildman–Crippen MR) is 380 cm³/mol. The van der Waals surface area contributed by atoms with Crippen LogP contribution in [0.3, 0.4) is 0 Å². The van der Waals surface area contributed by atoms with Crippen molar-refractivity contribution in [2.45, 2.75) is 39.8 Å². The van der Waals surface area contributed by atoms with E-state index in [4.69, 9.17) is 77.5 Å². The standard InChI is InChI=1S/C72H66Cl3N12O10P/c73-55-7-1-4-49(28-55)40-82-13-10-52(31-67(82)88)64-43-85(70-61(64)34-58(37-76-70)79-16-22-92-23-17-79)46-95-98(91,96-47-86-44-65(62-35-59(38-77-71(62)86)80-18-24-93-25-19-80)53-11-14-83(68(89)32-53)41-50-5-2-8-56(74)29-50)97-48-87-45-66(63-36-60(39-78-72(63)87)81-20-26-94-27-21-81)54-12-15-84(69(90)33-54)42-51-6-3-9-57(75)30-51/h1-15,28-39,43-45H,16-27,40-42,46-48H2. The lowest BCUT2D eigenvalue weighted by Crippen LogP contribution is -2.36. The minimum atomic E-state index is -4.79. The molecule has 0 bridgehead atoms. The van der Waals surface area contributed by atoms with Gasteiger partial charge in [-0.2, -0.15) is 0 Å². The van der Waals surface area contributed by atoms with Crippen LogP contribution in [0.2, 0.25) is 15.1 Å². The molecule has 12 aromatic rings. The number of pyridine rings is 6. The number of morpholine rings is 3. The van der Waals surface area contributed by atoms with E-state index >= 15 is 4.57 Å². The van der Waals surface area contributed by atoms with Crippen LogP contribution in [0.4, 0.5) is 17.1 Å². The number of phosphoric ester groups is 1. The second-order valence-corrected chi connectivity index (χ2v) is 27.3. The van der Waals surface area contributed by atoms with Gasteiger partial charge in [-0.25, -0.2) is 19.5 Å². The maximum Gasteiger partial charge on any atom is 0.480 e. The van der Waals surface area contributed by atoms with E-state index in [9.17, 15) is 14.4 Å². The molecule has 0 aliphatic carbocycles. The molecule has 98 heavy (non-hydrogen) atoms. The van der Waals surface area contributed by atoms with Gasteiger partial charge in [-0.15, -0.1) is 0 Å². The minimum Gasteiger partial charge on any atom is -0.378 e. The molecule has 3 fully saturated rings. The summed E-state index contributed by atoms with van der Waals surface area (Å²) in [7, 11) is -4.79. The number of anilines is 3. The highest BCUT2D eigenvalue weighted by molar-refractivity contribution is 7.48. The normalized spacial score (nSPS) is 14.7. The van der Waals surface area contributed by atoms with E-state index in [-0.39, 0.29) is 16.7 Å². The van der Waals surface area contributed by atoms with Crippen molar-refractivity contribution in [2.24, 2.45) is 0 Å². The summed E-state index contributed by atoms with van der Waals surface area (Å²) >= 11 is 19.0. The Kier molecular flexibility index (Phi) is 18.8. The van der Waals surface area contributed by atoms with Gasteiger partial charge in [0, 0.05) is 143 Å². The number of hydrogen-bond acceptors (Lipinski definition) is 16. The van der Waals surface area contributed by atoms with Crippen LogP contribution in [0, 0.1) is 0 Å². The van der Waals surface area contributed by atoms with Crippen molar-refractivity contribution in [3.8, 4) is 33.4 Å². The number of nitrogens with zero attached hydrogens (tertiary/aromatic N) is 12. The zero-order valence-electron chi connectivity index (χ0n) is 53.1. The van der Waals surface area contributed by atoms with Crippen molar-refractivity contribution in [2.75, 3.05) is 93.6 Å². The smallest absolute Gasteiger partial charge is 0.378 e. The second kappa shape index (κ2) is 28.4. The first-order valence-corrected chi connectivity index (χ1v) is 34.7. The highest BCUT2D eigenvalue weighted by atomic mass is 35.5. The average Bonchev–Trinajstić information content (AvgIpc) is 1.64. The van der Waals surface area contributed by atoms with Crippen molar-refractivity contribution in [3.63, 3.8) is 0 Å². The highest BCUT2D eigenvalue weighted by Gasteiger charge is 2.31. The van der Waals surface area contributed by atoms with Gasteiger partial charge in [0.1, 0.15) is 37.1 Å². The lowest BCUT2D eigenvalue weighted by Gasteiger charge is -2.28. The molecule has 0 atom stereocenters. The molecule has 9 aromatic heterocycles. The quantitative estimate of drug-likeness (QED) is 0.0614. The summed E-state index contributed by atoms with van der Waals surface area (Å²) in [5, 5.41) is 3.83. The van der Waals surface area contributed by atoms with Gasteiger partial charge in [-0.05, 0) is 106 Å². The first-order valence-electron chi connectivity index (χ1n) is 32.1. The summed E-state index contributed by atoms with van der Waals surface area (Å²) in [5.74, 6) is 0. The Labute approximate surface area is 577 Å². The third-order valence-electron chi connectivity index (χ3n) is 17.9. The highest BCUT2D eigenvalue weighted by Crippen LogP contribution is 2.52. The van der Waals surface area contributed by atoms with Crippen LogP contribution in [-0.2, 0) is 72.2 Å². The fourth-order valence-corrected chi connectivity index (χ4v) is 14.5. The Morgan fingerprint density at radius 1 is 0.388 bits per heavy atom. The van der Waals surface area contributed by atoms with Crippen molar-refractivity contribution in [3.05, 3.63) is 246 Å². The van der Waals surface area contributed by atoms with Gasteiger partial charge in [0.2, 0.25) is 0 Å². The summed E-state index contributed by atoms with van der Waals surface area (Å²) in [6.07, 6.45) is 16.1. The molecule has 3 aliphatic rings. The monoisotopic (exact) mass is 1390 g/mol. The summed E-state index contributed by atoms with van der Waals surface area (Å²) in [5.41, 5.74) is 9.77. The number of phosphoric acid groups is 1. The lowest BCUT2D eigenvalue weighted by molar-refractivity contribution is 0.0564. The average molecular weight is 1400 g/mol. The SMILES string of the molecule is O=c1cc(-c2cn(COP(=O)(OCn3cc(-c4ccn(Cc5cccc(Cl)c5)c(=O)c4)c4cc(N5CCOCC5)cnc43)OCn3cc(-c4ccn(Cc5cccc(Cl)c5)c(=O)c4)c4cc(N5CCOCC5)cnc43)c3ncc(N4CCOCC4)cc23)ccn1Cc1cccc(Cl)c1. The fourth-order valence-electron chi connectivity index (χ4n) is 12.9. The molecule has 12 heterocycles. The van der Waals surface area contributed by atoms with Crippen molar-refractivity contribution >= 4 is 92.8 Å². The van der Waals surface area contributed by atoms with Crippen molar-refractivity contribution < 1.29 is 32.3 Å². The molecule has 0 radical (unpaired) electrons. The Balaban J connectivity index is 0.804. The Bertz CT molecular complexity index is 4700. The molecule has 26 heteroatoms. The van der Waals surface area contributed by atoms with E-state index in [1.54, 1.807) is 101 Å². The van der Waals surface area contributed by atoms with E-state index in [1.807, 2.05) is 110 Å². The number of benzene rings is 3. The molecule has 3 aromatic carbocycles. The second-order valence-electron chi connectivity index (χ2n) is 24.3. The summed E-state index contributed by atoms with van der Waals surface area (Å²) in [4.78, 5) is 63.7. The van der Waals surface area contributed by atoms with Gasteiger partial charge in [0.15, 0.2) is 0 Å². The van der Waals surface area contributed by atoms with Crippen LogP contribution < -0.4 is 31.4 Å². The molecule has 0 amide bonds. The number of halogens is 3. The topological polar surface area (TPSA) is 202 Å². The summed E-state index contributed by atoms with van der Waals surface area (Å²) in [6, 6.07) is 38.7. The fraction of sp³-hybridized carbons (Fsp3) is 0.250. The van der Waals surface area contributed by atoms with Gasteiger partial charge in [-0.1, -0.05) is 71.2 Å². The van der Waals surface area contributed by atoms with E-state index in [0.29, 0.717) is 180 Å². The minimum absolute atomic E-state index is 0.236. The summed E-state index contributed by atoms with van der Waals surface area (Å²) < 4.78 is 63.0.